The van der Waals surface area contributed by atoms with E-state index in [9.17, 15) is 4.79 Å². The number of nitrogens with zero attached hydrogens (tertiary/aromatic N) is 1. The molecule has 1 heterocycles. The topological polar surface area (TPSA) is 65.2 Å². The fraction of sp³-hybridized carbons (Fsp3) is 0.143. The predicted octanol–water partition coefficient (Wildman–Crippen LogP) is 1.06. The summed E-state index contributed by atoms with van der Waals surface area (Å²) in [5, 5.41) is 0. The van der Waals surface area contributed by atoms with Gasteiger partial charge in [-0.05, 0) is 28.7 Å². The quantitative estimate of drug-likeness (QED) is 0.474. The van der Waals surface area contributed by atoms with E-state index in [1.165, 1.54) is 13.3 Å². The summed E-state index contributed by atoms with van der Waals surface area (Å²) >= 11 is 1.95. The molecule has 12 heavy (non-hydrogen) atoms. The Labute approximate surface area is 83.3 Å². The molecule has 0 radical (unpaired) electrons. The summed E-state index contributed by atoms with van der Waals surface area (Å²) in [6.07, 6.45) is 1.49. The highest BCUT2D eigenvalue weighted by Gasteiger charge is 2.10. The van der Waals surface area contributed by atoms with Gasteiger partial charge >= 0.3 is 5.97 Å². The number of esters is 1. The maximum Gasteiger partial charge on any atom is 0.340 e. The van der Waals surface area contributed by atoms with Gasteiger partial charge in [0.25, 0.3) is 0 Å². The molecule has 0 saturated carbocycles. The number of nitrogen functional groups attached to an aromatic ring is 1. The van der Waals surface area contributed by atoms with Crippen LogP contribution in [-0.2, 0) is 4.74 Å². The Balaban J connectivity index is 3.13. The van der Waals surface area contributed by atoms with E-state index in [1.54, 1.807) is 6.07 Å². The summed E-state index contributed by atoms with van der Waals surface area (Å²) in [4.78, 5) is 15.0. The second kappa shape index (κ2) is 3.70. The minimum atomic E-state index is -0.417. The first kappa shape index (κ1) is 9.24. The number of hydrogen-bond donors (Lipinski definition) is 1. The first-order valence-corrected chi connectivity index (χ1v) is 4.22. The summed E-state index contributed by atoms with van der Waals surface area (Å²) in [7, 11) is 1.32. The van der Waals surface area contributed by atoms with Crippen LogP contribution in [0.4, 0.5) is 5.69 Å². The minimum absolute atomic E-state index is 0.401. The minimum Gasteiger partial charge on any atom is -0.465 e. The van der Waals surface area contributed by atoms with Gasteiger partial charge in [0.1, 0.15) is 3.70 Å². The Hall–Kier alpha value is -0.850. The highest BCUT2D eigenvalue weighted by Crippen LogP contribution is 2.13. The Morgan fingerprint density at radius 2 is 2.42 bits per heavy atom. The molecule has 0 saturated heterocycles. The number of pyridine rings is 1. The molecule has 0 fully saturated rings. The molecule has 0 aromatic carbocycles. The van der Waals surface area contributed by atoms with Crippen LogP contribution in [0.15, 0.2) is 12.3 Å². The lowest BCUT2D eigenvalue weighted by Crippen LogP contribution is -2.06. The van der Waals surface area contributed by atoms with Crippen LogP contribution in [0.1, 0.15) is 10.4 Å². The molecule has 1 rings (SSSR count). The van der Waals surface area contributed by atoms with Gasteiger partial charge in [-0.25, -0.2) is 9.78 Å². The first-order valence-electron chi connectivity index (χ1n) is 3.14. The summed E-state index contributed by atoms with van der Waals surface area (Å²) in [5.74, 6) is -0.417. The van der Waals surface area contributed by atoms with Crippen molar-refractivity contribution in [3.8, 4) is 0 Å². The third kappa shape index (κ3) is 1.84. The van der Waals surface area contributed by atoms with E-state index in [0.29, 0.717) is 15.0 Å². The van der Waals surface area contributed by atoms with E-state index >= 15 is 0 Å². The fourth-order valence-corrected chi connectivity index (χ4v) is 1.23. The molecule has 0 amide bonds. The Bertz CT molecular complexity index is 314. The number of anilines is 1. The Kier molecular flexibility index (Phi) is 2.85. The van der Waals surface area contributed by atoms with Crippen LogP contribution in [-0.4, -0.2) is 18.1 Å². The third-order valence-electron chi connectivity index (χ3n) is 1.27. The fourth-order valence-electron chi connectivity index (χ4n) is 0.717. The number of methoxy groups -OCH3 is 1. The van der Waals surface area contributed by atoms with Crippen molar-refractivity contribution in [1.29, 1.82) is 0 Å². The van der Waals surface area contributed by atoms with Gasteiger partial charge < -0.3 is 10.5 Å². The Morgan fingerprint density at radius 1 is 1.75 bits per heavy atom. The average Bonchev–Trinajstić information content (AvgIpc) is 2.08. The molecule has 0 aliphatic heterocycles. The molecule has 5 heteroatoms. The van der Waals surface area contributed by atoms with E-state index in [2.05, 4.69) is 9.72 Å². The zero-order valence-corrected chi connectivity index (χ0v) is 8.53. The van der Waals surface area contributed by atoms with Crippen molar-refractivity contribution in [1.82, 2.24) is 4.98 Å². The van der Waals surface area contributed by atoms with E-state index in [-0.39, 0.29) is 0 Å². The van der Waals surface area contributed by atoms with Gasteiger partial charge in [0.05, 0.1) is 24.6 Å². The van der Waals surface area contributed by atoms with Gasteiger partial charge in [-0.3, -0.25) is 0 Å². The highest BCUT2D eigenvalue weighted by molar-refractivity contribution is 14.1. The summed E-state index contributed by atoms with van der Waals surface area (Å²) in [6.45, 7) is 0. The molecule has 0 spiro atoms. The monoisotopic (exact) mass is 278 g/mol. The third-order valence-corrected chi connectivity index (χ3v) is 2.13. The van der Waals surface area contributed by atoms with Crippen LogP contribution in [0.25, 0.3) is 0 Å². The molecule has 64 valence electrons. The van der Waals surface area contributed by atoms with Gasteiger partial charge in [0.2, 0.25) is 0 Å². The van der Waals surface area contributed by atoms with E-state index in [0.717, 1.165) is 0 Å². The molecule has 0 atom stereocenters. The molecule has 1 aromatic heterocycles. The number of nitrogens with two attached hydrogens (primary N) is 1. The van der Waals surface area contributed by atoms with Crippen molar-refractivity contribution in [3.05, 3.63) is 21.5 Å². The lowest BCUT2D eigenvalue weighted by molar-refractivity contribution is 0.0599. The van der Waals surface area contributed by atoms with Gasteiger partial charge in [0, 0.05) is 0 Å². The van der Waals surface area contributed by atoms with Crippen molar-refractivity contribution in [3.63, 3.8) is 0 Å². The molecule has 0 unspecified atom stereocenters. The zero-order chi connectivity index (χ0) is 9.14. The average molecular weight is 278 g/mol. The smallest absolute Gasteiger partial charge is 0.340 e. The van der Waals surface area contributed by atoms with Gasteiger partial charge in [-0.1, -0.05) is 0 Å². The van der Waals surface area contributed by atoms with Crippen molar-refractivity contribution < 1.29 is 9.53 Å². The number of carbonyl (C=O) groups excluding carboxylic acids is 1. The number of carbonyl (C=O) groups is 1. The molecule has 1 aromatic rings. The molecular formula is C7H7IN2O2. The van der Waals surface area contributed by atoms with Crippen LogP contribution in [0.3, 0.4) is 0 Å². The highest BCUT2D eigenvalue weighted by atomic mass is 127. The molecule has 4 nitrogen and oxygen atoms in total. The van der Waals surface area contributed by atoms with Crippen LogP contribution in [0.2, 0.25) is 0 Å². The maximum atomic E-state index is 11.1. The van der Waals surface area contributed by atoms with Gasteiger partial charge in [-0.2, -0.15) is 0 Å². The van der Waals surface area contributed by atoms with Crippen molar-refractivity contribution >= 4 is 34.2 Å². The van der Waals surface area contributed by atoms with Gasteiger partial charge in [0.15, 0.2) is 0 Å². The molecule has 0 aliphatic carbocycles. The first-order chi connectivity index (χ1) is 5.65. The summed E-state index contributed by atoms with van der Waals surface area (Å²) < 4.78 is 5.12. The molecule has 0 bridgehead atoms. The van der Waals surface area contributed by atoms with E-state index < -0.39 is 5.97 Å². The second-order valence-electron chi connectivity index (χ2n) is 2.10. The molecular weight excluding hydrogens is 271 g/mol. The lowest BCUT2D eigenvalue weighted by Gasteiger charge is -2.01. The standard InChI is InChI=1S/C7H7IN2O2/c1-12-7(11)5-2-4(9)3-10-6(5)8/h2-3H,9H2,1H3. The normalized spacial score (nSPS) is 9.50. The van der Waals surface area contributed by atoms with Crippen LogP contribution >= 0.6 is 22.6 Å². The van der Waals surface area contributed by atoms with Crippen molar-refractivity contribution in [2.24, 2.45) is 0 Å². The summed E-state index contributed by atoms with van der Waals surface area (Å²) in [6, 6.07) is 1.54. The predicted molar refractivity (Wildman–Crippen MR) is 52.7 cm³/mol. The number of aromatic nitrogens is 1. The van der Waals surface area contributed by atoms with Crippen LogP contribution < -0.4 is 5.73 Å². The number of ether oxygens (including phenoxy) is 1. The second-order valence-corrected chi connectivity index (χ2v) is 3.12. The molecule has 0 aliphatic rings. The van der Waals surface area contributed by atoms with Crippen LogP contribution in [0, 0.1) is 3.70 Å². The van der Waals surface area contributed by atoms with E-state index in [1.807, 2.05) is 22.6 Å². The van der Waals surface area contributed by atoms with E-state index in [4.69, 9.17) is 5.73 Å². The SMILES string of the molecule is COC(=O)c1cc(N)cnc1I. The number of rotatable bonds is 1. The number of hydrogen-bond acceptors (Lipinski definition) is 4. The van der Waals surface area contributed by atoms with Crippen LogP contribution in [0.5, 0.6) is 0 Å². The lowest BCUT2D eigenvalue weighted by atomic mass is 10.3. The van der Waals surface area contributed by atoms with Crippen molar-refractivity contribution in [2.75, 3.05) is 12.8 Å². The van der Waals surface area contributed by atoms with Crippen molar-refractivity contribution in [2.45, 2.75) is 0 Å². The largest absolute Gasteiger partial charge is 0.465 e. The maximum absolute atomic E-state index is 11.1. The summed E-state index contributed by atoms with van der Waals surface area (Å²) in [5.41, 5.74) is 6.30. The Morgan fingerprint density at radius 3 is 3.00 bits per heavy atom. The van der Waals surface area contributed by atoms with Gasteiger partial charge in [-0.15, -0.1) is 0 Å². The number of halogens is 1. The zero-order valence-electron chi connectivity index (χ0n) is 6.37. The molecule has 2 N–H and O–H groups in total.